The van der Waals surface area contributed by atoms with Crippen LogP contribution in [0.15, 0.2) is 60.8 Å². The number of H-pyrrole nitrogens is 1. The summed E-state index contributed by atoms with van der Waals surface area (Å²) >= 11 is 0. The number of Topliss-reactive ketones (excluding diaryl/α,β-unsaturated/α-hetero) is 1. The lowest BCUT2D eigenvalue weighted by Crippen LogP contribution is -2.45. The van der Waals surface area contributed by atoms with Gasteiger partial charge in [-0.1, -0.05) is 55.5 Å². The van der Waals surface area contributed by atoms with Gasteiger partial charge in [-0.25, -0.2) is 0 Å². The Hall–Kier alpha value is -2.43. The number of benzene rings is 2. The van der Waals surface area contributed by atoms with E-state index in [-0.39, 0.29) is 11.8 Å². The van der Waals surface area contributed by atoms with Gasteiger partial charge >= 0.3 is 0 Å². The molecule has 4 rings (SSSR count). The number of aromatic nitrogens is 1. The third-order valence-electron chi connectivity index (χ3n) is 5.78. The van der Waals surface area contributed by atoms with E-state index in [1.807, 2.05) is 48.7 Å². The molecule has 4 nitrogen and oxygen atoms in total. The highest BCUT2D eigenvalue weighted by atomic mass is 16.1. The molecule has 2 heterocycles. The number of nitrogens with zero attached hydrogens (tertiary/aromatic N) is 1. The van der Waals surface area contributed by atoms with E-state index in [9.17, 15) is 4.79 Å². The highest BCUT2D eigenvalue weighted by molar-refractivity contribution is 6.10. The van der Waals surface area contributed by atoms with Crippen LogP contribution >= 0.6 is 0 Å². The van der Waals surface area contributed by atoms with Crippen LogP contribution in [-0.2, 0) is 0 Å². The van der Waals surface area contributed by atoms with Gasteiger partial charge in [-0.3, -0.25) is 4.79 Å². The van der Waals surface area contributed by atoms with Crippen LogP contribution in [-0.4, -0.2) is 41.3 Å². The van der Waals surface area contributed by atoms with Crippen molar-refractivity contribution in [3.8, 4) is 0 Å². The molecule has 1 aromatic heterocycles. The number of carbonyl (C=O) groups excluding carboxylic acids is 1. The average Bonchev–Trinajstić information content (AvgIpc) is 3.18. The maximum Gasteiger partial charge on any atom is 0.186 e. The van der Waals surface area contributed by atoms with E-state index in [4.69, 9.17) is 0 Å². The van der Waals surface area contributed by atoms with E-state index in [0.717, 1.165) is 48.0 Å². The van der Waals surface area contributed by atoms with Crippen molar-refractivity contribution in [3.63, 3.8) is 0 Å². The topological polar surface area (TPSA) is 48.1 Å². The maximum atomic E-state index is 13.6. The molecule has 0 bridgehead atoms. The van der Waals surface area contributed by atoms with Gasteiger partial charge in [0.15, 0.2) is 5.78 Å². The van der Waals surface area contributed by atoms with Gasteiger partial charge < -0.3 is 15.2 Å². The molecule has 2 N–H and O–H groups in total. The molecule has 0 aliphatic carbocycles. The van der Waals surface area contributed by atoms with Crippen LogP contribution in [0.25, 0.3) is 10.9 Å². The first-order valence-electron chi connectivity index (χ1n) is 10.4. The first-order chi connectivity index (χ1) is 13.8. The summed E-state index contributed by atoms with van der Waals surface area (Å²) in [5, 5.41) is 4.69. The molecule has 146 valence electrons. The Morgan fingerprint density at radius 2 is 1.82 bits per heavy atom. The van der Waals surface area contributed by atoms with E-state index >= 15 is 0 Å². The molecule has 28 heavy (non-hydrogen) atoms. The number of hydrogen-bond donors (Lipinski definition) is 2. The number of para-hydroxylation sites is 1. The van der Waals surface area contributed by atoms with Crippen LogP contribution in [0.4, 0.5) is 0 Å². The number of rotatable bonds is 7. The number of ketones is 1. The minimum absolute atomic E-state index is 0.139. The van der Waals surface area contributed by atoms with Gasteiger partial charge in [0.05, 0.1) is 6.04 Å². The lowest BCUT2D eigenvalue weighted by Gasteiger charge is -2.34. The summed E-state index contributed by atoms with van der Waals surface area (Å²) in [6.45, 7) is 5.61. The van der Waals surface area contributed by atoms with Crippen molar-refractivity contribution in [1.29, 1.82) is 0 Å². The Balaban J connectivity index is 1.57. The second-order valence-electron chi connectivity index (χ2n) is 7.74. The van der Waals surface area contributed by atoms with Crippen LogP contribution in [0.5, 0.6) is 0 Å². The Labute approximate surface area is 166 Å². The Kier molecular flexibility index (Phi) is 5.89. The normalized spacial score (nSPS) is 17.0. The van der Waals surface area contributed by atoms with E-state index in [1.165, 1.54) is 13.0 Å². The minimum Gasteiger partial charge on any atom is -0.360 e. The van der Waals surface area contributed by atoms with Crippen LogP contribution in [0.2, 0.25) is 0 Å². The molecule has 1 fully saturated rings. The van der Waals surface area contributed by atoms with Crippen molar-refractivity contribution >= 4 is 16.7 Å². The zero-order valence-electron chi connectivity index (χ0n) is 16.5. The molecule has 0 radical (unpaired) electrons. The van der Waals surface area contributed by atoms with Crippen LogP contribution in [0.1, 0.15) is 48.1 Å². The molecule has 1 aliphatic heterocycles. The second-order valence-corrected chi connectivity index (χ2v) is 7.74. The van der Waals surface area contributed by atoms with Gasteiger partial charge in [0, 0.05) is 28.7 Å². The molecule has 1 atom stereocenters. The highest BCUT2D eigenvalue weighted by Crippen LogP contribution is 2.26. The molecule has 3 aromatic rings. The molecular weight excluding hydrogens is 346 g/mol. The number of likely N-dealkylation sites (tertiary alicyclic amines) is 1. The predicted molar refractivity (Wildman–Crippen MR) is 115 cm³/mol. The summed E-state index contributed by atoms with van der Waals surface area (Å²) in [7, 11) is 0. The lowest BCUT2D eigenvalue weighted by molar-refractivity contribution is 0.0924. The van der Waals surface area contributed by atoms with Gasteiger partial charge in [0.25, 0.3) is 0 Å². The summed E-state index contributed by atoms with van der Waals surface area (Å²) < 4.78 is 0. The minimum atomic E-state index is -0.317. The number of fused-ring (bicyclic) bond motifs is 1. The molecule has 0 unspecified atom stereocenters. The Bertz CT molecular complexity index is 910. The molecule has 2 aromatic carbocycles. The summed E-state index contributed by atoms with van der Waals surface area (Å²) in [6.07, 6.45) is 5.23. The molecular formula is C24H29N3O. The molecule has 1 saturated heterocycles. The van der Waals surface area contributed by atoms with Crippen molar-refractivity contribution in [2.75, 3.05) is 19.6 Å². The van der Waals surface area contributed by atoms with Crippen LogP contribution in [0, 0.1) is 0 Å². The quantitative estimate of drug-likeness (QED) is 0.595. The fourth-order valence-electron chi connectivity index (χ4n) is 4.27. The number of carbonyl (C=O) groups is 1. The SMILES string of the molecule is CCCN1CCC(N[C@H](C(=O)c2c[nH]c3ccccc23)c2ccccc2)CC1. The smallest absolute Gasteiger partial charge is 0.186 e. The summed E-state index contributed by atoms with van der Waals surface area (Å²) in [4.78, 5) is 19.3. The molecule has 0 amide bonds. The number of aromatic amines is 1. The van der Waals surface area contributed by atoms with Gasteiger partial charge in [-0.2, -0.15) is 0 Å². The van der Waals surface area contributed by atoms with E-state index in [0.29, 0.717) is 6.04 Å². The maximum absolute atomic E-state index is 13.6. The largest absolute Gasteiger partial charge is 0.360 e. The lowest BCUT2D eigenvalue weighted by atomic mass is 9.94. The van der Waals surface area contributed by atoms with Gasteiger partial charge in [-0.15, -0.1) is 0 Å². The third kappa shape index (κ3) is 4.03. The van der Waals surface area contributed by atoms with Gasteiger partial charge in [0.1, 0.15) is 0 Å². The Morgan fingerprint density at radius 3 is 2.57 bits per heavy atom. The monoisotopic (exact) mass is 375 g/mol. The third-order valence-corrected chi connectivity index (χ3v) is 5.78. The number of hydrogen-bond acceptors (Lipinski definition) is 3. The van der Waals surface area contributed by atoms with Crippen molar-refractivity contribution in [3.05, 3.63) is 71.9 Å². The summed E-state index contributed by atoms with van der Waals surface area (Å²) in [6, 6.07) is 18.2. The second kappa shape index (κ2) is 8.72. The fraction of sp³-hybridized carbons (Fsp3) is 0.375. The Morgan fingerprint density at radius 1 is 1.11 bits per heavy atom. The van der Waals surface area contributed by atoms with E-state index in [1.54, 1.807) is 0 Å². The first-order valence-corrected chi connectivity index (χ1v) is 10.4. The first kappa shape index (κ1) is 18.9. The standard InChI is InChI=1S/C24H29N3O/c1-2-14-27-15-12-19(13-16-27)26-23(18-8-4-3-5-9-18)24(28)21-17-25-22-11-7-6-10-20(21)22/h3-11,17,19,23,25-26H,2,12-16H2,1H3/t23-/m0/s1. The van der Waals surface area contributed by atoms with E-state index in [2.05, 4.69) is 34.3 Å². The van der Waals surface area contributed by atoms with Gasteiger partial charge in [-0.05, 0) is 50.5 Å². The predicted octanol–water partition coefficient (Wildman–Crippen LogP) is 4.56. The van der Waals surface area contributed by atoms with E-state index < -0.39 is 0 Å². The van der Waals surface area contributed by atoms with Crippen molar-refractivity contribution in [1.82, 2.24) is 15.2 Å². The molecule has 4 heteroatoms. The zero-order chi connectivity index (χ0) is 19.3. The van der Waals surface area contributed by atoms with Crippen LogP contribution < -0.4 is 5.32 Å². The van der Waals surface area contributed by atoms with Crippen molar-refractivity contribution in [2.45, 2.75) is 38.3 Å². The van der Waals surface area contributed by atoms with Crippen molar-refractivity contribution < 1.29 is 4.79 Å². The van der Waals surface area contributed by atoms with Crippen LogP contribution in [0.3, 0.4) is 0 Å². The summed E-state index contributed by atoms with van der Waals surface area (Å²) in [5.41, 5.74) is 2.81. The molecule has 0 spiro atoms. The molecule has 1 aliphatic rings. The summed E-state index contributed by atoms with van der Waals surface area (Å²) in [5.74, 6) is 0.139. The average molecular weight is 376 g/mol. The molecule has 0 saturated carbocycles. The highest BCUT2D eigenvalue weighted by Gasteiger charge is 2.28. The zero-order valence-corrected chi connectivity index (χ0v) is 16.5. The number of piperidine rings is 1. The van der Waals surface area contributed by atoms with Gasteiger partial charge in [0.2, 0.25) is 0 Å². The number of nitrogens with one attached hydrogen (secondary N) is 2. The fourth-order valence-corrected chi connectivity index (χ4v) is 4.27. The van der Waals surface area contributed by atoms with Crippen molar-refractivity contribution in [2.24, 2.45) is 0 Å².